The smallest absolute Gasteiger partial charge is 0.408 e. The predicted octanol–water partition coefficient (Wildman–Crippen LogP) is 3.42. The van der Waals surface area contributed by atoms with Gasteiger partial charge in [-0.2, -0.15) is 0 Å². The maximum absolute atomic E-state index is 14.1. The average Bonchev–Trinajstić information content (AvgIpc) is 3.49. The summed E-state index contributed by atoms with van der Waals surface area (Å²) in [6, 6.07) is 3.52. The van der Waals surface area contributed by atoms with Gasteiger partial charge in [0, 0.05) is 6.04 Å². The minimum Gasteiger partial charge on any atom is -0.468 e. The van der Waals surface area contributed by atoms with Gasteiger partial charge in [-0.25, -0.2) is 4.79 Å². The van der Waals surface area contributed by atoms with Crippen molar-refractivity contribution >= 4 is 23.9 Å². The Balaban J connectivity index is 2.52. The number of carbonyl (C=O) groups is 4. The van der Waals surface area contributed by atoms with Gasteiger partial charge in [-0.1, -0.05) is 39.0 Å². The first kappa shape index (κ1) is 29.1. The van der Waals surface area contributed by atoms with E-state index in [0.717, 1.165) is 17.5 Å². The molecule has 0 radical (unpaired) electrons. The zero-order valence-corrected chi connectivity index (χ0v) is 22.9. The number of nitrogens with one attached hydrogen (secondary N) is 2. The summed E-state index contributed by atoms with van der Waals surface area (Å²) in [7, 11) is 1.24. The van der Waals surface area contributed by atoms with E-state index in [2.05, 4.69) is 15.4 Å². The van der Waals surface area contributed by atoms with E-state index in [1.54, 1.807) is 25.7 Å². The van der Waals surface area contributed by atoms with Crippen molar-refractivity contribution in [2.75, 3.05) is 13.7 Å². The third-order valence-electron chi connectivity index (χ3n) is 6.39. The Labute approximate surface area is 214 Å². The number of rotatable bonds is 9. The van der Waals surface area contributed by atoms with Crippen molar-refractivity contribution in [3.05, 3.63) is 34.9 Å². The molecule has 1 aromatic carbocycles. The summed E-state index contributed by atoms with van der Waals surface area (Å²) >= 11 is 0. The molecular weight excluding hydrogens is 462 g/mol. The van der Waals surface area contributed by atoms with Crippen LogP contribution in [0.2, 0.25) is 0 Å². The van der Waals surface area contributed by atoms with E-state index in [4.69, 9.17) is 4.74 Å². The van der Waals surface area contributed by atoms with Crippen molar-refractivity contribution in [1.29, 1.82) is 0 Å². The first-order valence-corrected chi connectivity index (χ1v) is 12.4. The number of amides is 3. The minimum atomic E-state index is -0.987. The van der Waals surface area contributed by atoms with Crippen LogP contribution >= 0.6 is 0 Å². The van der Waals surface area contributed by atoms with E-state index in [1.165, 1.54) is 7.11 Å². The maximum atomic E-state index is 14.1. The predicted molar refractivity (Wildman–Crippen MR) is 136 cm³/mol. The third-order valence-corrected chi connectivity index (χ3v) is 6.39. The van der Waals surface area contributed by atoms with Gasteiger partial charge >= 0.3 is 12.1 Å². The molecule has 4 unspecified atom stereocenters. The number of benzene rings is 1. The van der Waals surface area contributed by atoms with Crippen LogP contribution in [0.4, 0.5) is 4.79 Å². The first-order valence-electron chi connectivity index (χ1n) is 12.4. The molecule has 200 valence electrons. The highest BCUT2D eigenvalue weighted by atomic mass is 16.6. The fourth-order valence-corrected chi connectivity index (χ4v) is 4.10. The summed E-state index contributed by atoms with van der Waals surface area (Å²) in [5.41, 5.74) is 1.79. The topological polar surface area (TPSA) is 114 Å². The van der Waals surface area contributed by atoms with Crippen LogP contribution in [0.15, 0.2) is 18.2 Å². The van der Waals surface area contributed by atoms with Gasteiger partial charge in [0.25, 0.3) is 0 Å². The van der Waals surface area contributed by atoms with Gasteiger partial charge in [0.15, 0.2) is 0 Å². The Bertz CT molecular complexity index is 984. The normalized spacial score (nSPS) is 18.6. The molecule has 0 heterocycles. The van der Waals surface area contributed by atoms with Crippen molar-refractivity contribution in [2.45, 2.75) is 85.5 Å². The van der Waals surface area contributed by atoms with Crippen LogP contribution in [-0.2, 0) is 23.9 Å². The summed E-state index contributed by atoms with van der Waals surface area (Å²) < 4.78 is 10.1. The lowest BCUT2D eigenvalue weighted by molar-refractivity contribution is -0.146. The molecule has 1 aliphatic carbocycles. The van der Waals surface area contributed by atoms with Crippen LogP contribution in [-0.4, -0.2) is 60.1 Å². The van der Waals surface area contributed by atoms with E-state index in [-0.39, 0.29) is 30.3 Å². The maximum Gasteiger partial charge on any atom is 0.408 e. The standard InChI is InChI=1S/C27H41N3O6/c1-15(2)22(29-26(34)36-27(6,7)8)25(33)30(20-13-17(20)4)23(24(32)28-14-21(31)35-9)19-12-10-11-16(3)18(19)5/h10-12,15,17,20,22-23H,13-14H2,1-9H3,(H,28,32)(H,29,34). The van der Waals surface area contributed by atoms with Crippen molar-refractivity contribution in [1.82, 2.24) is 15.5 Å². The number of aryl methyl sites for hydroxylation is 1. The van der Waals surface area contributed by atoms with Gasteiger partial charge in [-0.15, -0.1) is 0 Å². The molecule has 36 heavy (non-hydrogen) atoms. The molecule has 0 aliphatic heterocycles. The lowest BCUT2D eigenvalue weighted by Crippen LogP contribution is -2.56. The molecule has 1 fully saturated rings. The number of hydrogen-bond donors (Lipinski definition) is 2. The molecule has 1 saturated carbocycles. The highest BCUT2D eigenvalue weighted by Crippen LogP contribution is 2.41. The molecule has 0 aromatic heterocycles. The fraction of sp³-hybridized carbons (Fsp3) is 0.630. The van der Waals surface area contributed by atoms with E-state index in [1.807, 2.05) is 52.8 Å². The Morgan fingerprint density at radius 2 is 1.75 bits per heavy atom. The molecule has 2 N–H and O–H groups in total. The lowest BCUT2D eigenvalue weighted by Gasteiger charge is -2.36. The van der Waals surface area contributed by atoms with Gasteiger partial charge in [0.2, 0.25) is 11.8 Å². The lowest BCUT2D eigenvalue weighted by atomic mass is 9.93. The van der Waals surface area contributed by atoms with Crippen molar-refractivity contribution in [3.8, 4) is 0 Å². The fourth-order valence-electron chi connectivity index (χ4n) is 4.10. The zero-order chi connectivity index (χ0) is 27.4. The largest absolute Gasteiger partial charge is 0.468 e. The monoisotopic (exact) mass is 503 g/mol. The molecule has 4 atom stereocenters. The molecule has 0 bridgehead atoms. The Kier molecular flexibility index (Phi) is 9.51. The molecule has 2 rings (SSSR count). The summed E-state index contributed by atoms with van der Waals surface area (Å²) in [6.45, 7) is 14.5. The van der Waals surface area contributed by atoms with E-state index in [0.29, 0.717) is 5.56 Å². The van der Waals surface area contributed by atoms with Gasteiger partial charge in [0.1, 0.15) is 24.2 Å². The summed E-state index contributed by atoms with van der Waals surface area (Å²) in [5, 5.41) is 5.36. The van der Waals surface area contributed by atoms with Crippen molar-refractivity contribution < 1.29 is 28.7 Å². The summed E-state index contributed by atoms with van der Waals surface area (Å²) in [4.78, 5) is 53.6. The second kappa shape index (κ2) is 11.8. The van der Waals surface area contributed by atoms with Crippen LogP contribution in [0.5, 0.6) is 0 Å². The van der Waals surface area contributed by atoms with E-state index >= 15 is 0 Å². The van der Waals surface area contributed by atoms with Crippen molar-refractivity contribution in [2.24, 2.45) is 11.8 Å². The highest BCUT2D eigenvalue weighted by Gasteiger charge is 2.49. The third kappa shape index (κ3) is 7.45. The first-order chi connectivity index (χ1) is 16.7. The molecule has 9 heteroatoms. The summed E-state index contributed by atoms with van der Waals surface area (Å²) in [5.74, 6) is -1.53. The van der Waals surface area contributed by atoms with E-state index < -0.39 is 35.7 Å². The van der Waals surface area contributed by atoms with E-state index in [9.17, 15) is 19.2 Å². The number of methoxy groups -OCH3 is 1. The van der Waals surface area contributed by atoms with Gasteiger partial charge in [0.05, 0.1) is 7.11 Å². The molecule has 9 nitrogen and oxygen atoms in total. The Morgan fingerprint density at radius 1 is 1.14 bits per heavy atom. The minimum absolute atomic E-state index is 0.185. The van der Waals surface area contributed by atoms with Crippen LogP contribution in [0.1, 0.15) is 70.7 Å². The average molecular weight is 504 g/mol. The summed E-state index contributed by atoms with van der Waals surface area (Å²) in [6.07, 6.45) is 0.0334. The zero-order valence-electron chi connectivity index (χ0n) is 22.9. The number of carbonyl (C=O) groups excluding carboxylic acids is 4. The second-order valence-electron chi connectivity index (χ2n) is 10.9. The van der Waals surface area contributed by atoms with Gasteiger partial charge in [-0.05, 0) is 69.6 Å². The molecular formula is C27H41N3O6. The Morgan fingerprint density at radius 3 is 2.25 bits per heavy atom. The quantitative estimate of drug-likeness (QED) is 0.499. The van der Waals surface area contributed by atoms with Crippen LogP contribution in [0.25, 0.3) is 0 Å². The molecule has 1 aromatic rings. The second-order valence-corrected chi connectivity index (χ2v) is 10.9. The Hall–Kier alpha value is -3.10. The van der Waals surface area contributed by atoms with Crippen LogP contribution in [0, 0.1) is 25.7 Å². The number of esters is 1. The number of hydrogen-bond acceptors (Lipinski definition) is 6. The van der Waals surface area contributed by atoms with Crippen molar-refractivity contribution in [3.63, 3.8) is 0 Å². The van der Waals surface area contributed by atoms with Gasteiger partial charge < -0.3 is 25.0 Å². The van der Waals surface area contributed by atoms with Crippen LogP contribution < -0.4 is 10.6 Å². The molecule has 0 saturated heterocycles. The number of alkyl carbamates (subject to hydrolysis) is 1. The molecule has 0 spiro atoms. The molecule has 1 aliphatic rings. The molecule has 3 amide bonds. The van der Waals surface area contributed by atoms with Crippen LogP contribution in [0.3, 0.4) is 0 Å². The number of nitrogens with zero attached hydrogens (tertiary/aromatic N) is 1. The number of ether oxygens (including phenoxy) is 2. The highest BCUT2D eigenvalue weighted by molar-refractivity contribution is 5.94. The SMILES string of the molecule is COC(=O)CNC(=O)C(c1cccc(C)c1C)N(C(=O)C(NC(=O)OC(C)(C)C)C(C)C)C1CC1C. The van der Waals surface area contributed by atoms with Gasteiger partial charge in [-0.3, -0.25) is 14.4 Å².